The first-order chi connectivity index (χ1) is 13.2. The van der Waals surface area contributed by atoms with E-state index in [1.165, 1.54) is 5.56 Å². The van der Waals surface area contributed by atoms with Crippen LogP contribution in [0.5, 0.6) is 0 Å². The molecule has 27 heavy (non-hydrogen) atoms. The molecule has 0 fully saturated rings. The average molecular weight is 359 g/mol. The van der Waals surface area contributed by atoms with E-state index in [-0.39, 0.29) is 5.56 Å². The van der Waals surface area contributed by atoms with Crippen LogP contribution >= 0.6 is 0 Å². The fourth-order valence-electron chi connectivity index (χ4n) is 2.86. The van der Waals surface area contributed by atoms with Gasteiger partial charge in [0.2, 0.25) is 5.95 Å². The number of carboxylic acid groups (broad SMARTS) is 1. The average Bonchev–Trinajstić information content (AvgIpc) is 3.12. The second-order valence-electron chi connectivity index (χ2n) is 6.02. The van der Waals surface area contributed by atoms with Crippen molar-refractivity contribution in [1.29, 1.82) is 0 Å². The van der Waals surface area contributed by atoms with Crippen molar-refractivity contribution in [2.24, 2.45) is 0 Å². The second-order valence-corrected chi connectivity index (χ2v) is 6.02. The number of nitrogens with one attached hydrogen (secondary N) is 1. The Morgan fingerprint density at radius 3 is 2.74 bits per heavy atom. The lowest BCUT2D eigenvalue weighted by molar-refractivity contribution is 0.0697. The van der Waals surface area contributed by atoms with E-state index in [4.69, 9.17) is 5.11 Å². The largest absolute Gasteiger partial charge is 0.478 e. The zero-order chi connectivity index (χ0) is 18.6. The van der Waals surface area contributed by atoms with Crippen LogP contribution in [-0.4, -0.2) is 37.1 Å². The van der Waals surface area contributed by atoms with E-state index < -0.39 is 5.97 Å². The number of benzene rings is 2. The molecule has 0 atom stereocenters. The third kappa shape index (κ3) is 3.62. The third-order valence-electron chi connectivity index (χ3n) is 4.22. The summed E-state index contributed by atoms with van der Waals surface area (Å²) in [6.07, 6.45) is 4.19. The molecule has 0 bridgehead atoms. The lowest BCUT2D eigenvalue weighted by Crippen LogP contribution is -2.09. The van der Waals surface area contributed by atoms with Crippen LogP contribution in [0.1, 0.15) is 15.9 Å². The Morgan fingerprint density at radius 1 is 1.07 bits per heavy atom. The molecule has 0 aliphatic heterocycles. The molecule has 0 saturated heterocycles. The van der Waals surface area contributed by atoms with Crippen molar-refractivity contribution in [3.63, 3.8) is 0 Å². The SMILES string of the molecule is O=C(O)c1ccc2c(c1)ncn2-c1ccnc(NCCc2ccccc2)n1. The van der Waals surface area contributed by atoms with E-state index >= 15 is 0 Å². The summed E-state index contributed by atoms with van der Waals surface area (Å²) in [6.45, 7) is 0.722. The van der Waals surface area contributed by atoms with Gasteiger partial charge in [-0.1, -0.05) is 30.3 Å². The summed E-state index contributed by atoms with van der Waals surface area (Å²) in [7, 11) is 0. The number of carbonyl (C=O) groups is 1. The normalized spacial score (nSPS) is 10.8. The molecule has 2 aromatic carbocycles. The molecule has 0 spiro atoms. The molecule has 134 valence electrons. The van der Waals surface area contributed by atoms with Crippen molar-refractivity contribution in [1.82, 2.24) is 19.5 Å². The summed E-state index contributed by atoms with van der Waals surface area (Å²) in [5.74, 6) is 0.226. The quantitative estimate of drug-likeness (QED) is 0.549. The second kappa shape index (κ2) is 7.25. The minimum Gasteiger partial charge on any atom is -0.478 e. The Balaban J connectivity index is 1.53. The molecule has 0 saturated carbocycles. The van der Waals surface area contributed by atoms with E-state index in [0.717, 1.165) is 18.5 Å². The molecule has 0 aliphatic carbocycles. The Morgan fingerprint density at radius 2 is 1.93 bits per heavy atom. The van der Waals surface area contributed by atoms with Gasteiger partial charge in [-0.2, -0.15) is 4.98 Å². The van der Waals surface area contributed by atoms with Crippen molar-refractivity contribution >= 4 is 23.0 Å². The summed E-state index contributed by atoms with van der Waals surface area (Å²) in [6, 6.07) is 16.8. The van der Waals surface area contributed by atoms with Gasteiger partial charge in [-0.05, 0) is 36.2 Å². The molecule has 7 nitrogen and oxygen atoms in total. The van der Waals surface area contributed by atoms with Crippen molar-refractivity contribution in [2.45, 2.75) is 6.42 Å². The molecule has 4 rings (SSSR count). The highest BCUT2D eigenvalue weighted by Gasteiger charge is 2.10. The number of nitrogens with zero attached hydrogens (tertiary/aromatic N) is 4. The van der Waals surface area contributed by atoms with Crippen LogP contribution in [0.4, 0.5) is 5.95 Å². The van der Waals surface area contributed by atoms with Gasteiger partial charge in [0.05, 0.1) is 16.6 Å². The van der Waals surface area contributed by atoms with Crippen LogP contribution in [0.15, 0.2) is 67.1 Å². The smallest absolute Gasteiger partial charge is 0.335 e. The van der Waals surface area contributed by atoms with Gasteiger partial charge in [-0.3, -0.25) is 4.57 Å². The number of rotatable bonds is 6. The summed E-state index contributed by atoms with van der Waals surface area (Å²) in [4.78, 5) is 24.2. The lowest BCUT2D eigenvalue weighted by atomic mass is 10.1. The summed E-state index contributed by atoms with van der Waals surface area (Å²) in [5, 5.41) is 12.3. The monoisotopic (exact) mass is 359 g/mol. The topological polar surface area (TPSA) is 92.9 Å². The minimum atomic E-state index is -0.974. The van der Waals surface area contributed by atoms with Gasteiger partial charge in [-0.15, -0.1) is 0 Å². The highest BCUT2D eigenvalue weighted by molar-refractivity contribution is 5.92. The van der Waals surface area contributed by atoms with E-state index in [9.17, 15) is 4.79 Å². The van der Waals surface area contributed by atoms with Crippen LogP contribution < -0.4 is 5.32 Å². The van der Waals surface area contributed by atoms with Crippen molar-refractivity contribution in [2.75, 3.05) is 11.9 Å². The van der Waals surface area contributed by atoms with Crippen molar-refractivity contribution in [3.05, 3.63) is 78.2 Å². The highest BCUT2D eigenvalue weighted by Crippen LogP contribution is 2.19. The minimum absolute atomic E-state index is 0.207. The molecule has 2 N–H and O–H groups in total. The maximum absolute atomic E-state index is 11.1. The maximum Gasteiger partial charge on any atom is 0.335 e. The summed E-state index contributed by atoms with van der Waals surface area (Å²) >= 11 is 0. The van der Waals surface area contributed by atoms with Crippen LogP contribution in [-0.2, 0) is 6.42 Å². The Labute approximate surface area is 155 Å². The maximum atomic E-state index is 11.1. The van der Waals surface area contributed by atoms with E-state index in [0.29, 0.717) is 17.3 Å². The number of imidazole rings is 1. The fourth-order valence-corrected chi connectivity index (χ4v) is 2.86. The first-order valence-corrected chi connectivity index (χ1v) is 8.52. The summed E-state index contributed by atoms with van der Waals surface area (Å²) < 4.78 is 1.81. The molecule has 2 heterocycles. The number of hydrogen-bond donors (Lipinski definition) is 2. The van der Waals surface area contributed by atoms with Crippen LogP contribution in [0, 0.1) is 0 Å². The third-order valence-corrected chi connectivity index (χ3v) is 4.22. The molecular formula is C20H17N5O2. The van der Waals surface area contributed by atoms with Crippen LogP contribution in [0.3, 0.4) is 0 Å². The number of hydrogen-bond acceptors (Lipinski definition) is 5. The van der Waals surface area contributed by atoms with Crippen LogP contribution in [0.25, 0.3) is 16.9 Å². The summed E-state index contributed by atoms with van der Waals surface area (Å²) in [5.41, 5.74) is 2.84. The fraction of sp³-hybridized carbons (Fsp3) is 0.100. The zero-order valence-electron chi connectivity index (χ0n) is 14.4. The predicted octanol–water partition coefficient (Wildman–Crippen LogP) is 3.17. The molecule has 4 aromatic rings. The number of aromatic carboxylic acids is 1. The molecule has 0 amide bonds. The molecule has 7 heteroatoms. The van der Waals surface area contributed by atoms with Gasteiger partial charge in [0, 0.05) is 12.7 Å². The van der Waals surface area contributed by atoms with Gasteiger partial charge in [0.25, 0.3) is 0 Å². The van der Waals surface area contributed by atoms with E-state index in [1.54, 1.807) is 36.8 Å². The van der Waals surface area contributed by atoms with Gasteiger partial charge in [0.1, 0.15) is 12.1 Å². The molecule has 0 unspecified atom stereocenters. The van der Waals surface area contributed by atoms with Crippen molar-refractivity contribution < 1.29 is 9.90 Å². The number of aromatic nitrogens is 4. The molecule has 0 aliphatic rings. The van der Waals surface area contributed by atoms with E-state index in [1.807, 2.05) is 22.8 Å². The number of carboxylic acids is 1. The van der Waals surface area contributed by atoms with Gasteiger partial charge >= 0.3 is 5.97 Å². The van der Waals surface area contributed by atoms with E-state index in [2.05, 4.69) is 32.4 Å². The Kier molecular flexibility index (Phi) is 4.49. The first-order valence-electron chi connectivity index (χ1n) is 8.52. The first kappa shape index (κ1) is 16.7. The number of anilines is 1. The molecule has 0 radical (unpaired) electrons. The van der Waals surface area contributed by atoms with Gasteiger partial charge < -0.3 is 10.4 Å². The van der Waals surface area contributed by atoms with Crippen molar-refractivity contribution in [3.8, 4) is 5.82 Å². The zero-order valence-corrected chi connectivity index (χ0v) is 14.4. The highest BCUT2D eigenvalue weighted by atomic mass is 16.4. The molecular weight excluding hydrogens is 342 g/mol. The van der Waals surface area contributed by atoms with Gasteiger partial charge in [0.15, 0.2) is 0 Å². The molecule has 2 aromatic heterocycles. The Bertz CT molecular complexity index is 1090. The van der Waals surface area contributed by atoms with Gasteiger partial charge in [-0.25, -0.2) is 14.8 Å². The standard InChI is InChI=1S/C20H17N5O2/c26-19(27)15-6-7-17-16(12-15)23-13-25(17)18-9-11-22-20(24-18)21-10-8-14-4-2-1-3-5-14/h1-7,9,11-13H,8,10H2,(H,26,27)(H,21,22,24). The Hall–Kier alpha value is -3.74. The van der Waals surface area contributed by atoms with Crippen LogP contribution in [0.2, 0.25) is 0 Å². The number of fused-ring (bicyclic) bond motifs is 1. The predicted molar refractivity (Wildman–Crippen MR) is 102 cm³/mol. The lowest BCUT2D eigenvalue weighted by Gasteiger charge is -2.08.